The van der Waals surface area contributed by atoms with Gasteiger partial charge in [-0.1, -0.05) is 23.8 Å². The van der Waals surface area contributed by atoms with Gasteiger partial charge < -0.3 is 0 Å². The van der Waals surface area contributed by atoms with E-state index in [1.807, 2.05) is 6.07 Å². The van der Waals surface area contributed by atoms with Crippen LogP contribution in [0.15, 0.2) is 30.4 Å². The Kier molecular flexibility index (Phi) is 2.51. The van der Waals surface area contributed by atoms with Gasteiger partial charge >= 0.3 is 0 Å². The van der Waals surface area contributed by atoms with Crippen molar-refractivity contribution in [1.29, 1.82) is 5.26 Å². The van der Waals surface area contributed by atoms with Crippen molar-refractivity contribution in [2.75, 3.05) is 4.90 Å². The third-order valence-corrected chi connectivity index (χ3v) is 5.09. The maximum absolute atomic E-state index is 12.6. The molecule has 4 atom stereocenters. The van der Waals surface area contributed by atoms with Crippen LogP contribution in [0.4, 0.5) is 5.69 Å². The average molecular weight is 299 g/mol. The van der Waals surface area contributed by atoms with Gasteiger partial charge in [0.05, 0.1) is 34.2 Å². The minimum absolute atomic E-state index is 0.159. The fourth-order valence-electron chi connectivity index (χ4n) is 3.90. The van der Waals surface area contributed by atoms with Crippen LogP contribution in [-0.4, -0.2) is 11.8 Å². The van der Waals surface area contributed by atoms with Gasteiger partial charge in [-0.05, 0) is 36.5 Å². The molecule has 1 saturated heterocycles. The number of halogens is 1. The number of nitriles is 1. The Labute approximate surface area is 126 Å². The van der Waals surface area contributed by atoms with E-state index in [0.717, 1.165) is 6.42 Å². The zero-order valence-electron chi connectivity index (χ0n) is 11.0. The van der Waals surface area contributed by atoms with E-state index >= 15 is 0 Å². The number of carbonyl (C=O) groups excluding carboxylic acids is 2. The van der Waals surface area contributed by atoms with Gasteiger partial charge in [0.1, 0.15) is 0 Å². The first-order chi connectivity index (χ1) is 10.1. The molecule has 104 valence electrons. The third-order valence-electron chi connectivity index (χ3n) is 4.79. The van der Waals surface area contributed by atoms with Crippen molar-refractivity contribution in [3.8, 4) is 6.07 Å². The SMILES string of the molecule is N#Cc1ccc(N2C(=O)[C@H]3[C@H](C2=O)[C@H]2C=C[C@H]3C2)c(Cl)c1. The summed E-state index contributed by atoms with van der Waals surface area (Å²) < 4.78 is 0. The molecule has 2 bridgehead atoms. The molecular formula is C16H11ClN2O2. The van der Waals surface area contributed by atoms with Crippen LogP contribution in [0.3, 0.4) is 0 Å². The number of benzene rings is 1. The number of imide groups is 1. The second-order valence-corrected chi connectivity index (χ2v) is 6.20. The molecule has 1 aromatic rings. The lowest BCUT2D eigenvalue weighted by atomic mass is 9.85. The maximum atomic E-state index is 12.6. The summed E-state index contributed by atoms with van der Waals surface area (Å²) in [6.07, 6.45) is 5.02. The predicted octanol–water partition coefficient (Wildman–Crippen LogP) is 2.52. The first kappa shape index (κ1) is 12.6. The van der Waals surface area contributed by atoms with E-state index in [9.17, 15) is 9.59 Å². The topological polar surface area (TPSA) is 61.2 Å². The maximum Gasteiger partial charge on any atom is 0.238 e. The molecule has 4 nitrogen and oxygen atoms in total. The van der Waals surface area contributed by atoms with Crippen LogP contribution in [0.25, 0.3) is 0 Å². The van der Waals surface area contributed by atoms with Crippen molar-refractivity contribution in [3.05, 3.63) is 40.9 Å². The minimum atomic E-state index is -0.237. The highest BCUT2D eigenvalue weighted by Gasteiger charge is 2.59. The number of nitrogens with zero attached hydrogens (tertiary/aromatic N) is 2. The summed E-state index contributed by atoms with van der Waals surface area (Å²) in [5.74, 6) is -0.433. The smallest absolute Gasteiger partial charge is 0.238 e. The Bertz CT molecular complexity index is 719. The van der Waals surface area contributed by atoms with Crippen molar-refractivity contribution in [2.24, 2.45) is 23.7 Å². The number of hydrogen-bond acceptors (Lipinski definition) is 3. The molecule has 1 aliphatic heterocycles. The Hall–Kier alpha value is -2.12. The van der Waals surface area contributed by atoms with Gasteiger partial charge in [-0.25, -0.2) is 4.90 Å². The number of hydrogen-bond donors (Lipinski definition) is 0. The Balaban J connectivity index is 1.76. The molecule has 21 heavy (non-hydrogen) atoms. The molecule has 0 radical (unpaired) electrons. The summed E-state index contributed by atoms with van der Waals surface area (Å²) in [6, 6.07) is 6.62. The Morgan fingerprint density at radius 3 is 2.29 bits per heavy atom. The predicted molar refractivity (Wildman–Crippen MR) is 76.4 cm³/mol. The van der Waals surface area contributed by atoms with Crippen molar-refractivity contribution >= 4 is 29.1 Å². The lowest BCUT2D eigenvalue weighted by molar-refractivity contribution is -0.123. The second-order valence-electron chi connectivity index (χ2n) is 5.79. The number of fused-ring (bicyclic) bond motifs is 5. The second kappa shape index (κ2) is 4.19. The molecule has 1 heterocycles. The highest BCUT2D eigenvalue weighted by Crippen LogP contribution is 2.53. The van der Waals surface area contributed by atoms with E-state index in [4.69, 9.17) is 16.9 Å². The first-order valence-corrected chi connectivity index (χ1v) is 7.25. The lowest BCUT2D eigenvalue weighted by Gasteiger charge is -2.18. The van der Waals surface area contributed by atoms with Gasteiger partial charge in [0, 0.05) is 0 Å². The van der Waals surface area contributed by atoms with Crippen LogP contribution in [0, 0.1) is 35.0 Å². The Morgan fingerprint density at radius 2 is 1.76 bits per heavy atom. The number of carbonyl (C=O) groups is 2. The van der Waals surface area contributed by atoms with E-state index in [1.54, 1.807) is 12.1 Å². The van der Waals surface area contributed by atoms with Crippen molar-refractivity contribution in [3.63, 3.8) is 0 Å². The molecule has 5 heteroatoms. The van der Waals surface area contributed by atoms with E-state index in [2.05, 4.69) is 12.2 Å². The van der Waals surface area contributed by atoms with E-state index in [1.165, 1.54) is 11.0 Å². The van der Waals surface area contributed by atoms with Gasteiger partial charge in [-0.3, -0.25) is 9.59 Å². The van der Waals surface area contributed by atoms with Crippen LogP contribution in [0.2, 0.25) is 5.02 Å². The molecule has 3 aliphatic rings. The van der Waals surface area contributed by atoms with Crippen LogP contribution < -0.4 is 4.90 Å². The van der Waals surface area contributed by atoms with Crippen LogP contribution in [0.1, 0.15) is 12.0 Å². The summed E-state index contributed by atoms with van der Waals surface area (Å²) >= 11 is 6.15. The average Bonchev–Trinajstić information content (AvgIpc) is 3.14. The largest absolute Gasteiger partial charge is 0.274 e. The summed E-state index contributed by atoms with van der Waals surface area (Å²) in [6.45, 7) is 0. The van der Waals surface area contributed by atoms with Crippen LogP contribution in [-0.2, 0) is 9.59 Å². The number of amides is 2. The fourth-order valence-corrected chi connectivity index (χ4v) is 4.16. The molecular weight excluding hydrogens is 288 g/mol. The van der Waals surface area contributed by atoms with E-state index in [0.29, 0.717) is 11.3 Å². The van der Waals surface area contributed by atoms with Gasteiger partial charge in [0.15, 0.2) is 0 Å². The Morgan fingerprint density at radius 1 is 1.14 bits per heavy atom. The number of anilines is 1. The molecule has 4 rings (SSSR count). The molecule has 1 saturated carbocycles. The van der Waals surface area contributed by atoms with Crippen molar-refractivity contribution in [1.82, 2.24) is 0 Å². The normalized spacial score (nSPS) is 32.7. The lowest BCUT2D eigenvalue weighted by Crippen LogP contribution is -2.33. The summed E-state index contributed by atoms with van der Waals surface area (Å²) in [7, 11) is 0. The van der Waals surface area contributed by atoms with E-state index < -0.39 is 0 Å². The standard InChI is InChI=1S/C16H11ClN2O2/c17-11-5-8(7-18)1-4-12(11)19-15(20)13-9-2-3-10(6-9)14(13)16(19)21/h1-5,9-10,13-14H,6H2/t9-,10-,13+,14+/m0/s1. The zero-order chi connectivity index (χ0) is 14.7. The fraction of sp³-hybridized carbons (Fsp3) is 0.312. The van der Waals surface area contributed by atoms with Crippen LogP contribution >= 0.6 is 11.6 Å². The van der Waals surface area contributed by atoms with E-state index in [-0.39, 0.29) is 40.5 Å². The molecule has 2 amide bonds. The molecule has 0 unspecified atom stereocenters. The van der Waals surface area contributed by atoms with Crippen molar-refractivity contribution in [2.45, 2.75) is 6.42 Å². The van der Waals surface area contributed by atoms with Gasteiger partial charge in [-0.15, -0.1) is 0 Å². The van der Waals surface area contributed by atoms with Gasteiger partial charge in [-0.2, -0.15) is 5.26 Å². The van der Waals surface area contributed by atoms with Crippen molar-refractivity contribution < 1.29 is 9.59 Å². The highest BCUT2D eigenvalue weighted by molar-refractivity contribution is 6.36. The van der Waals surface area contributed by atoms with Gasteiger partial charge in [0.2, 0.25) is 11.8 Å². The zero-order valence-corrected chi connectivity index (χ0v) is 11.7. The summed E-state index contributed by atoms with van der Waals surface area (Å²) in [5.41, 5.74) is 0.796. The first-order valence-electron chi connectivity index (χ1n) is 6.87. The quantitative estimate of drug-likeness (QED) is 0.591. The number of rotatable bonds is 1. The third kappa shape index (κ3) is 1.55. The molecule has 2 aliphatic carbocycles. The summed E-state index contributed by atoms with van der Waals surface area (Å²) in [5, 5.41) is 9.13. The van der Waals surface area contributed by atoms with Crippen LogP contribution in [0.5, 0.6) is 0 Å². The minimum Gasteiger partial charge on any atom is -0.274 e. The van der Waals surface area contributed by atoms with Gasteiger partial charge in [0.25, 0.3) is 0 Å². The molecule has 0 N–H and O–H groups in total. The summed E-state index contributed by atoms with van der Waals surface area (Å²) in [4.78, 5) is 26.5. The molecule has 1 aromatic carbocycles. The molecule has 0 spiro atoms. The monoisotopic (exact) mass is 298 g/mol. The molecule has 0 aromatic heterocycles. The molecule has 2 fully saturated rings. The highest BCUT2D eigenvalue weighted by atomic mass is 35.5. The number of allylic oxidation sites excluding steroid dienone is 2.